The summed E-state index contributed by atoms with van der Waals surface area (Å²) in [6.07, 6.45) is 3.36. The molecule has 5 aromatic carbocycles. The van der Waals surface area contributed by atoms with Crippen molar-refractivity contribution in [2.45, 2.75) is 32.5 Å². The third-order valence-corrected chi connectivity index (χ3v) is 7.48. The minimum Gasteiger partial charge on any atom is -0.380 e. The molecule has 35 heavy (non-hydrogen) atoms. The average Bonchev–Trinajstić information content (AvgIpc) is 3.38. The topological polar surface area (TPSA) is 18.5 Å². The summed E-state index contributed by atoms with van der Waals surface area (Å²) in [6.45, 7) is 1.12. The van der Waals surface area contributed by atoms with Crippen LogP contribution in [0.3, 0.4) is 0 Å². The molecule has 0 amide bonds. The fourth-order valence-electron chi connectivity index (χ4n) is 6.11. The lowest BCUT2D eigenvalue weighted by Crippen LogP contribution is -2.09. The number of fused-ring (bicyclic) bond motifs is 3. The van der Waals surface area contributed by atoms with Gasteiger partial charge in [0.2, 0.25) is 0 Å². The lowest BCUT2D eigenvalue weighted by molar-refractivity contribution is 0.169. The van der Waals surface area contributed by atoms with Crippen molar-refractivity contribution in [2.75, 3.05) is 14.2 Å². The number of benzene rings is 5. The van der Waals surface area contributed by atoms with Crippen molar-refractivity contribution in [2.24, 2.45) is 0 Å². The Labute approximate surface area is 207 Å². The van der Waals surface area contributed by atoms with Gasteiger partial charge in [-0.2, -0.15) is 0 Å². The SMILES string of the molecule is COCc1c(COC)c(-c2cccc3ccccc23)c2c(c1-c1cccc3ccccc13)CCC2. The molecule has 0 bridgehead atoms. The zero-order valence-corrected chi connectivity index (χ0v) is 20.4. The largest absolute Gasteiger partial charge is 0.380 e. The first kappa shape index (κ1) is 22.0. The van der Waals surface area contributed by atoms with Crippen LogP contribution in [0.1, 0.15) is 28.7 Å². The van der Waals surface area contributed by atoms with Crippen molar-refractivity contribution in [3.63, 3.8) is 0 Å². The van der Waals surface area contributed by atoms with Gasteiger partial charge in [-0.1, -0.05) is 84.9 Å². The lowest BCUT2D eigenvalue weighted by atomic mass is 9.80. The van der Waals surface area contributed by atoms with Crippen LogP contribution in [-0.4, -0.2) is 14.2 Å². The van der Waals surface area contributed by atoms with E-state index in [1.165, 1.54) is 72.5 Å². The van der Waals surface area contributed by atoms with Crippen LogP contribution in [0.25, 0.3) is 43.8 Å². The van der Waals surface area contributed by atoms with Crippen LogP contribution in [-0.2, 0) is 35.5 Å². The smallest absolute Gasteiger partial charge is 0.0722 e. The zero-order chi connectivity index (χ0) is 23.8. The van der Waals surface area contributed by atoms with E-state index in [4.69, 9.17) is 9.47 Å². The van der Waals surface area contributed by atoms with Gasteiger partial charge in [0.05, 0.1) is 13.2 Å². The Kier molecular flexibility index (Phi) is 5.85. The highest BCUT2D eigenvalue weighted by molar-refractivity contribution is 6.02. The molecule has 0 saturated carbocycles. The van der Waals surface area contributed by atoms with Gasteiger partial charge in [-0.25, -0.2) is 0 Å². The molecule has 0 aromatic heterocycles. The second kappa shape index (κ2) is 9.30. The number of hydrogen-bond acceptors (Lipinski definition) is 2. The van der Waals surface area contributed by atoms with Crippen LogP contribution in [0, 0.1) is 0 Å². The molecule has 0 aliphatic heterocycles. The van der Waals surface area contributed by atoms with E-state index in [9.17, 15) is 0 Å². The van der Waals surface area contributed by atoms with Crippen LogP contribution in [0.2, 0.25) is 0 Å². The van der Waals surface area contributed by atoms with Gasteiger partial charge < -0.3 is 9.47 Å². The highest BCUT2D eigenvalue weighted by Gasteiger charge is 2.29. The van der Waals surface area contributed by atoms with Crippen LogP contribution < -0.4 is 0 Å². The Morgan fingerprint density at radius 1 is 0.543 bits per heavy atom. The van der Waals surface area contributed by atoms with Crippen molar-refractivity contribution in [1.29, 1.82) is 0 Å². The third-order valence-electron chi connectivity index (χ3n) is 7.48. The number of ether oxygens (including phenoxy) is 2. The molecule has 0 heterocycles. The van der Waals surface area contributed by atoms with E-state index in [0.29, 0.717) is 13.2 Å². The normalized spacial score (nSPS) is 13.0. The molecule has 0 N–H and O–H groups in total. The van der Waals surface area contributed by atoms with Crippen LogP contribution in [0.15, 0.2) is 84.9 Å². The summed E-state index contributed by atoms with van der Waals surface area (Å²) in [5.74, 6) is 0. The fourth-order valence-corrected chi connectivity index (χ4v) is 6.11. The summed E-state index contributed by atoms with van der Waals surface area (Å²) in [4.78, 5) is 0. The summed E-state index contributed by atoms with van der Waals surface area (Å²) in [5, 5.41) is 5.13. The molecule has 1 aliphatic carbocycles. The molecular weight excluding hydrogens is 428 g/mol. The second-order valence-corrected chi connectivity index (χ2v) is 9.44. The lowest BCUT2D eigenvalue weighted by Gasteiger charge is -2.25. The van der Waals surface area contributed by atoms with Gasteiger partial charge in [0.1, 0.15) is 0 Å². The molecule has 0 fully saturated rings. The van der Waals surface area contributed by atoms with Crippen molar-refractivity contribution < 1.29 is 9.47 Å². The molecule has 0 saturated heterocycles. The van der Waals surface area contributed by atoms with E-state index < -0.39 is 0 Å². The summed E-state index contributed by atoms with van der Waals surface area (Å²) in [5.41, 5.74) is 10.8. The number of hydrogen-bond donors (Lipinski definition) is 0. The van der Waals surface area contributed by atoms with Crippen molar-refractivity contribution in [3.05, 3.63) is 107 Å². The van der Waals surface area contributed by atoms with Crippen LogP contribution in [0.4, 0.5) is 0 Å². The molecule has 0 radical (unpaired) electrons. The maximum atomic E-state index is 5.87. The summed E-state index contributed by atoms with van der Waals surface area (Å²) < 4.78 is 11.7. The highest BCUT2D eigenvalue weighted by Crippen LogP contribution is 2.47. The monoisotopic (exact) mass is 458 g/mol. The predicted molar refractivity (Wildman–Crippen MR) is 146 cm³/mol. The average molecular weight is 459 g/mol. The quantitative estimate of drug-likeness (QED) is 0.256. The van der Waals surface area contributed by atoms with E-state index in [1.807, 2.05) is 0 Å². The standard InChI is InChI=1S/C33H30O2/c1-34-20-30-31(21-35-2)33(27-17-8-13-23-11-4-6-15-25(23)27)29-19-9-18-28(29)32(30)26-16-7-12-22-10-3-5-14-24(22)26/h3-8,10-17H,9,18-21H2,1-2H3. The van der Waals surface area contributed by atoms with Crippen molar-refractivity contribution in [1.82, 2.24) is 0 Å². The summed E-state index contributed by atoms with van der Waals surface area (Å²) in [7, 11) is 3.60. The molecule has 0 atom stereocenters. The molecular formula is C33H30O2. The molecule has 1 aliphatic rings. The summed E-state index contributed by atoms with van der Waals surface area (Å²) in [6, 6.07) is 30.8. The Balaban J connectivity index is 1.75. The number of rotatable bonds is 6. The van der Waals surface area contributed by atoms with Crippen molar-refractivity contribution in [3.8, 4) is 22.3 Å². The van der Waals surface area contributed by atoms with Crippen LogP contribution >= 0.6 is 0 Å². The second-order valence-electron chi connectivity index (χ2n) is 9.44. The molecule has 6 rings (SSSR count). The first-order valence-electron chi connectivity index (χ1n) is 12.5. The van der Waals surface area contributed by atoms with Gasteiger partial charge >= 0.3 is 0 Å². The van der Waals surface area contributed by atoms with Gasteiger partial charge in [-0.3, -0.25) is 0 Å². The Morgan fingerprint density at radius 2 is 0.971 bits per heavy atom. The van der Waals surface area contributed by atoms with Gasteiger partial charge in [0, 0.05) is 14.2 Å². The van der Waals surface area contributed by atoms with Gasteiger partial charge in [0.15, 0.2) is 0 Å². The maximum Gasteiger partial charge on any atom is 0.0722 e. The fraction of sp³-hybridized carbons (Fsp3) is 0.212. The van der Waals surface area contributed by atoms with Crippen molar-refractivity contribution >= 4 is 21.5 Å². The maximum absolute atomic E-state index is 5.87. The Hall–Kier alpha value is -3.46. The molecule has 2 nitrogen and oxygen atoms in total. The van der Waals surface area contributed by atoms with E-state index in [1.54, 1.807) is 14.2 Å². The molecule has 174 valence electrons. The van der Waals surface area contributed by atoms with Gasteiger partial charge in [0.25, 0.3) is 0 Å². The van der Waals surface area contributed by atoms with Gasteiger partial charge in [-0.15, -0.1) is 0 Å². The summed E-state index contributed by atoms with van der Waals surface area (Å²) >= 11 is 0. The molecule has 0 unspecified atom stereocenters. The molecule has 5 aromatic rings. The van der Waals surface area contributed by atoms with Crippen LogP contribution in [0.5, 0.6) is 0 Å². The first-order chi connectivity index (χ1) is 17.3. The van der Waals surface area contributed by atoms with E-state index in [0.717, 1.165) is 12.8 Å². The van der Waals surface area contributed by atoms with E-state index >= 15 is 0 Å². The predicted octanol–water partition coefficient (Wildman–Crippen LogP) is 8.11. The minimum atomic E-state index is 0.558. The molecule has 2 heteroatoms. The minimum absolute atomic E-state index is 0.558. The van der Waals surface area contributed by atoms with Gasteiger partial charge in [-0.05, 0) is 85.3 Å². The third kappa shape index (κ3) is 3.65. The molecule has 0 spiro atoms. The Morgan fingerprint density at radius 3 is 1.43 bits per heavy atom. The first-order valence-corrected chi connectivity index (χ1v) is 12.5. The van der Waals surface area contributed by atoms with E-state index in [-0.39, 0.29) is 0 Å². The Bertz CT molecular complexity index is 1420. The highest BCUT2D eigenvalue weighted by atomic mass is 16.5. The van der Waals surface area contributed by atoms with E-state index in [2.05, 4.69) is 84.9 Å². The zero-order valence-electron chi connectivity index (χ0n) is 20.4. The number of methoxy groups -OCH3 is 2.